The van der Waals surface area contributed by atoms with Crippen molar-refractivity contribution in [2.75, 3.05) is 13.2 Å². The van der Waals surface area contributed by atoms with Gasteiger partial charge < -0.3 is 15.0 Å². The molecule has 1 atom stereocenters. The van der Waals surface area contributed by atoms with Gasteiger partial charge in [-0.25, -0.2) is 0 Å². The molecule has 0 aromatic carbocycles. The van der Waals surface area contributed by atoms with Gasteiger partial charge in [0.15, 0.2) is 0 Å². The van der Waals surface area contributed by atoms with Crippen LogP contribution in [0.4, 0.5) is 0 Å². The molecule has 0 aliphatic carbocycles. The minimum absolute atomic E-state index is 0.0727. The smallest absolute Gasteiger partial charge is 0.325 e. The lowest BCUT2D eigenvalue weighted by molar-refractivity contribution is -0.150. The molecule has 6 heteroatoms. The van der Waals surface area contributed by atoms with E-state index in [9.17, 15) is 14.4 Å². The Balaban J connectivity index is 2.63. The minimum Gasteiger partial charge on any atom is -0.465 e. The number of carbonyl (C=O) groups is 3. The van der Waals surface area contributed by atoms with Gasteiger partial charge in [-0.15, -0.1) is 0 Å². The van der Waals surface area contributed by atoms with Crippen LogP contribution in [0.25, 0.3) is 0 Å². The van der Waals surface area contributed by atoms with Crippen LogP contribution in [-0.4, -0.2) is 47.9 Å². The first-order valence-corrected chi connectivity index (χ1v) is 6.21. The zero-order chi connectivity index (χ0) is 13.7. The van der Waals surface area contributed by atoms with Crippen molar-refractivity contribution in [1.82, 2.24) is 10.2 Å². The van der Waals surface area contributed by atoms with Gasteiger partial charge in [0.1, 0.15) is 12.6 Å². The molecule has 0 unspecified atom stereocenters. The Morgan fingerprint density at radius 3 is 2.61 bits per heavy atom. The fraction of sp³-hybridized carbons (Fsp3) is 0.750. The molecule has 1 heterocycles. The van der Waals surface area contributed by atoms with E-state index >= 15 is 0 Å². The van der Waals surface area contributed by atoms with E-state index < -0.39 is 12.0 Å². The average Bonchev–Trinajstić information content (AvgIpc) is 2.72. The highest BCUT2D eigenvalue weighted by Crippen LogP contribution is 2.12. The van der Waals surface area contributed by atoms with Crippen molar-refractivity contribution in [3.63, 3.8) is 0 Å². The Hall–Kier alpha value is -1.59. The maximum absolute atomic E-state index is 12.2. The quantitative estimate of drug-likeness (QED) is 0.706. The van der Waals surface area contributed by atoms with Gasteiger partial charge in [0.2, 0.25) is 11.8 Å². The van der Waals surface area contributed by atoms with E-state index in [-0.39, 0.29) is 24.4 Å². The van der Waals surface area contributed by atoms with Gasteiger partial charge in [-0.1, -0.05) is 0 Å². The first-order valence-electron chi connectivity index (χ1n) is 6.21. The number of esters is 1. The zero-order valence-electron chi connectivity index (χ0n) is 11.1. The molecule has 0 bridgehead atoms. The SMILES string of the molecule is CCOC(=O)CN(C(=O)[C@@H]1CCC(=O)N1)C(C)C. The van der Waals surface area contributed by atoms with Gasteiger partial charge in [0.05, 0.1) is 6.61 Å². The summed E-state index contributed by atoms with van der Waals surface area (Å²) in [6.07, 6.45) is 0.853. The Kier molecular flexibility index (Phi) is 5.12. The zero-order valence-corrected chi connectivity index (χ0v) is 11.1. The molecule has 102 valence electrons. The fourth-order valence-corrected chi connectivity index (χ4v) is 1.86. The summed E-state index contributed by atoms with van der Waals surface area (Å²) in [5.41, 5.74) is 0. The van der Waals surface area contributed by atoms with Crippen molar-refractivity contribution in [1.29, 1.82) is 0 Å². The molecule has 0 aromatic rings. The Morgan fingerprint density at radius 1 is 1.50 bits per heavy atom. The predicted octanol–water partition coefficient (Wildman–Crippen LogP) is 0.0651. The highest BCUT2D eigenvalue weighted by atomic mass is 16.5. The molecule has 1 saturated heterocycles. The standard InChI is InChI=1S/C12H20N2O4/c1-4-18-11(16)7-14(8(2)3)12(17)9-5-6-10(15)13-9/h8-9H,4-7H2,1-3H3,(H,13,15)/t9-/m0/s1. The summed E-state index contributed by atoms with van der Waals surface area (Å²) in [5, 5.41) is 2.61. The number of nitrogens with zero attached hydrogens (tertiary/aromatic N) is 1. The number of rotatable bonds is 5. The van der Waals surface area contributed by atoms with E-state index in [1.165, 1.54) is 4.90 Å². The summed E-state index contributed by atoms with van der Waals surface area (Å²) < 4.78 is 4.84. The largest absolute Gasteiger partial charge is 0.465 e. The minimum atomic E-state index is -0.505. The van der Waals surface area contributed by atoms with E-state index in [1.807, 2.05) is 13.8 Å². The van der Waals surface area contributed by atoms with Crippen LogP contribution in [-0.2, 0) is 19.1 Å². The molecule has 6 nitrogen and oxygen atoms in total. The highest BCUT2D eigenvalue weighted by Gasteiger charge is 2.32. The van der Waals surface area contributed by atoms with Crippen molar-refractivity contribution >= 4 is 17.8 Å². The summed E-state index contributed by atoms with van der Waals surface area (Å²) in [7, 11) is 0. The summed E-state index contributed by atoms with van der Waals surface area (Å²) in [5.74, 6) is -0.763. The molecule has 1 aliphatic heterocycles. The van der Waals surface area contributed by atoms with E-state index in [4.69, 9.17) is 4.74 Å². The van der Waals surface area contributed by atoms with Crippen molar-refractivity contribution in [3.8, 4) is 0 Å². The van der Waals surface area contributed by atoms with Crippen LogP contribution in [0.3, 0.4) is 0 Å². The van der Waals surface area contributed by atoms with Gasteiger partial charge in [0, 0.05) is 12.5 Å². The molecular formula is C12H20N2O4. The maximum atomic E-state index is 12.2. The van der Waals surface area contributed by atoms with E-state index in [2.05, 4.69) is 5.32 Å². The number of hydrogen-bond acceptors (Lipinski definition) is 4. The molecular weight excluding hydrogens is 236 g/mol. The van der Waals surface area contributed by atoms with Crippen LogP contribution in [0, 0.1) is 0 Å². The average molecular weight is 256 g/mol. The number of nitrogens with one attached hydrogen (secondary N) is 1. The van der Waals surface area contributed by atoms with E-state index in [0.717, 1.165) is 0 Å². The molecule has 18 heavy (non-hydrogen) atoms. The molecule has 2 amide bonds. The number of hydrogen-bond donors (Lipinski definition) is 1. The Bertz CT molecular complexity index is 341. The molecule has 1 N–H and O–H groups in total. The molecule has 1 aliphatic rings. The third-order valence-electron chi connectivity index (χ3n) is 2.80. The van der Waals surface area contributed by atoms with Crippen LogP contribution in [0.2, 0.25) is 0 Å². The third kappa shape index (κ3) is 3.72. The summed E-state index contributed by atoms with van der Waals surface area (Å²) in [6, 6.07) is -0.617. The highest BCUT2D eigenvalue weighted by molar-refractivity contribution is 5.92. The monoisotopic (exact) mass is 256 g/mol. The lowest BCUT2D eigenvalue weighted by atomic mass is 10.1. The maximum Gasteiger partial charge on any atom is 0.325 e. The fourth-order valence-electron chi connectivity index (χ4n) is 1.86. The number of amides is 2. The van der Waals surface area contributed by atoms with Gasteiger partial charge in [-0.05, 0) is 27.2 Å². The van der Waals surface area contributed by atoms with Gasteiger partial charge in [0.25, 0.3) is 0 Å². The van der Waals surface area contributed by atoms with Gasteiger partial charge in [-0.3, -0.25) is 14.4 Å². The van der Waals surface area contributed by atoms with Crippen molar-refractivity contribution in [3.05, 3.63) is 0 Å². The first kappa shape index (κ1) is 14.5. The van der Waals surface area contributed by atoms with Crippen LogP contribution >= 0.6 is 0 Å². The predicted molar refractivity (Wildman–Crippen MR) is 64.6 cm³/mol. The number of carbonyl (C=O) groups excluding carboxylic acids is 3. The molecule has 0 radical (unpaired) electrons. The summed E-state index contributed by atoms with van der Waals surface area (Å²) in [4.78, 5) is 36.2. The Labute approximate surface area is 107 Å². The van der Waals surface area contributed by atoms with Crippen LogP contribution in [0.15, 0.2) is 0 Å². The van der Waals surface area contributed by atoms with E-state index in [1.54, 1.807) is 6.92 Å². The normalized spacial score (nSPS) is 18.7. The number of ether oxygens (including phenoxy) is 1. The molecule has 0 spiro atoms. The summed E-state index contributed by atoms with van der Waals surface area (Å²) in [6.45, 7) is 5.59. The Morgan fingerprint density at radius 2 is 2.17 bits per heavy atom. The second-order valence-corrected chi connectivity index (χ2v) is 4.52. The van der Waals surface area contributed by atoms with Crippen molar-refractivity contribution in [2.45, 2.75) is 45.7 Å². The molecule has 1 fully saturated rings. The first-order chi connectivity index (χ1) is 8.45. The van der Waals surface area contributed by atoms with Crippen molar-refractivity contribution < 1.29 is 19.1 Å². The summed E-state index contributed by atoms with van der Waals surface area (Å²) >= 11 is 0. The molecule has 1 rings (SSSR count). The molecule has 0 saturated carbocycles. The topological polar surface area (TPSA) is 75.7 Å². The van der Waals surface area contributed by atoms with Gasteiger partial charge in [-0.2, -0.15) is 0 Å². The second kappa shape index (κ2) is 6.37. The van der Waals surface area contributed by atoms with Crippen molar-refractivity contribution in [2.24, 2.45) is 0 Å². The lowest BCUT2D eigenvalue weighted by Gasteiger charge is -2.28. The van der Waals surface area contributed by atoms with Crippen LogP contribution in [0.1, 0.15) is 33.6 Å². The van der Waals surface area contributed by atoms with Crippen LogP contribution < -0.4 is 5.32 Å². The lowest BCUT2D eigenvalue weighted by Crippen LogP contribution is -2.49. The second-order valence-electron chi connectivity index (χ2n) is 4.52. The molecule has 0 aromatic heterocycles. The van der Waals surface area contributed by atoms with E-state index in [0.29, 0.717) is 19.4 Å². The third-order valence-corrected chi connectivity index (χ3v) is 2.80. The van der Waals surface area contributed by atoms with Crippen LogP contribution in [0.5, 0.6) is 0 Å². The van der Waals surface area contributed by atoms with Gasteiger partial charge >= 0.3 is 5.97 Å².